The average Bonchev–Trinajstić information content (AvgIpc) is 3.21. The number of benzene rings is 3. The average molecular weight is 444 g/mol. The summed E-state index contributed by atoms with van der Waals surface area (Å²) in [6.07, 6.45) is 0.848. The van der Waals surface area contributed by atoms with Crippen molar-refractivity contribution in [3.8, 4) is 16.9 Å². The standard InChI is InChI=1S/C26H25N3O4/c1-33-19-4-2-3-15(11-19)17-12-21-20-6-5-16(26(32)29-9-7-18(30)8-10-29)14-23(20)28-24(21)22(13-17)25(27)31/h2-6,11-14,18,28,30H,7-10H2,1H3,(H2,27,31). The number of fused-ring (bicyclic) bond motifs is 3. The van der Waals surface area contributed by atoms with Gasteiger partial charge < -0.3 is 25.5 Å². The number of amides is 2. The van der Waals surface area contributed by atoms with Crippen LogP contribution in [0.25, 0.3) is 32.9 Å². The lowest BCUT2D eigenvalue weighted by Gasteiger charge is -2.29. The normalized spacial score (nSPS) is 14.7. The van der Waals surface area contributed by atoms with Gasteiger partial charge in [0.25, 0.3) is 11.8 Å². The number of piperidine rings is 1. The molecule has 168 valence electrons. The van der Waals surface area contributed by atoms with Gasteiger partial charge in [-0.2, -0.15) is 0 Å². The minimum Gasteiger partial charge on any atom is -0.497 e. The Morgan fingerprint density at radius 3 is 2.55 bits per heavy atom. The highest BCUT2D eigenvalue weighted by Gasteiger charge is 2.23. The number of carbonyl (C=O) groups is 2. The lowest BCUT2D eigenvalue weighted by atomic mass is 9.98. The molecule has 0 radical (unpaired) electrons. The summed E-state index contributed by atoms with van der Waals surface area (Å²) in [6.45, 7) is 1.08. The fraction of sp³-hybridized carbons (Fsp3) is 0.231. The largest absolute Gasteiger partial charge is 0.497 e. The van der Waals surface area contributed by atoms with Gasteiger partial charge in [-0.1, -0.05) is 18.2 Å². The van der Waals surface area contributed by atoms with Crippen LogP contribution in [-0.2, 0) is 0 Å². The lowest BCUT2D eigenvalue weighted by molar-refractivity contribution is 0.0546. The molecule has 4 N–H and O–H groups in total. The van der Waals surface area contributed by atoms with E-state index in [4.69, 9.17) is 10.5 Å². The highest BCUT2D eigenvalue weighted by Crippen LogP contribution is 2.34. The summed E-state index contributed by atoms with van der Waals surface area (Å²) in [5.41, 5.74) is 9.85. The maximum atomic E-state index is 13.0. The van der Waals surface area contributed by atoms with E-state index in [1.165, 1.54) is 0 Å². The first-order valence-corrected chi connectivity index (χ1v) is 11.0. The van der Waals surface area contributed by atoms with Crippen LogP contribution in [0.15, 0.2) is 54.6 Å². The molecule has 1 saturated heterocycles. The summed E-state index contributed by atoms with van der Waals surface area (Å²) in [4.78, 5) is 30.4. The molecule has 7 nitrogen and oxygen atoms in total. The van der Waals surface area contributed by atoms with Crippen LogP contribution in [0.2, 0.25) is 0 Å². The number of hydrogen-bond acceptors (Lipinski definition) is 4. The molecule has 2 amide bonds. The van der Waals surface area contributed by atoms with Crippen LogP contribution in [0.1, 0.15) is 33.6 Å². The van der Waals surface area contributed by atoms with Crippen molar-refractivity contribution in [3.63, 3.8) is 0 Å². The number of carbonyl (C=O) groups excluding carboxylic acids is 2. The Balaban J connectivity index is 1.61. The van der Waals surface area contributed by atoms with Gasteiger partial charge in [0, 0.05) is 34.9 Å². The van der Waals surface area contributed by atoms with Crippen molar-refractivity contribution in [1.82, 2.24) is 9.88 Å². The van der Waals surface area contributed by atoms with Crippen molar-refractivity contribution in [2.45, 2.75) is 18.9 Å². The Labute approximate surface area is 190 Å². The van der Waals surface area contributed by atoms with Gasteiger partial charge in [-0.3, -0.25) is 9.59 Å². The molecule has 1 aliphatic rings. The van der Waals surface area contributed by atoms with Crippen molar-refractivity contribution < 1.29 is 19.4 Å². The van der Waals surface area contributed by atoms with Gasteiger partial charge in [0.05, 0.1) is 24.3 Å². The van der Waals surface area contributed by atoms with E-state index in [1.54, 1.807) is 18.1 Å². The number of hydrogen-bond donors (Lipinski definition) is 3. The second kappa shape index (κ2) is 8.26. The van der Waals surface area contributed by atoms with Crippen LogP contribution in [0, 0.1) is 0 Å². The van der Waals surface area contributed by atoms with E-state index in [2.05, 4.69) is 4.98 Å². The number of rotatable bonds is 4. The fourth-order valence-electron chi connectivity index (χ4n) is 4.55. The molecule has 0 unspecified atom stereocenters. The van der Waals surface area contributed by atoms with Gasteiger partial charge >= 0.3 is 0 Å². The molecule has 1 aliphatic heterocycles. The zero-order valence-corrected chi connectivity index (χ0v) is 18.3. The molecule has 0 bridgehead atoms. The second-order valence-corrected chi connectivity index (χ2v) is 8.45. The van der Waals surface area contributed by atoms with Gasteiger partial charge in [-0.25, -0.2) is 0 Å². The zero-order chi connectivity index (χ0) is 23.1. The fourth-order valence-corrected chi connectivity index (χ4v) is 4.55. The third-order valence-corrected chi connectivity index (χ3v) is 6.37. The molecular formula is C26H25N3O4. The minimum absolute atomic E-state index is 0.0605. The summed E-state index contributed by atoms with van der Waals surface area (Å²) < 4.78 is 5.34. The van der Waals surface area contributed by atoms with E-state index in [0.717, 1.165) is 33.2 Å². The smallest absolute Gasteiger partial charge is 0.253 e. The quantitative estimate of drug-likeness (QED) is 0.447. The van der Waals surface area contributed by atoms with E-state index < -0.39 is 5.91 Å². The molecule has 0 saturated carbocycles. The second-order valence-electron chi connectivity index (χ2n) is 8.45. The summed E-state index contributed by atoms with van der Waals surface area (Å²) in [5.74, 6) is 0.134. The van der Waals surface area contributed by atoms with E-state index in [0.29, 0.717) is 42.6 Å². The summed E-state index contributed by atoms with van der Waals surface area (Å²) >= 11 is 0. The third-order valence-electron chi connectivity index (χ3n) is 6.37. The number of methoxy groups -OCH3 is 1. The van der Waals surface area contributed by atoms with Gasteiger partial charge in [0.1, 0.15) is 5.75 Å². The number of primary amides is 1. The van der Waals surface area contributed by atoms with Gasteiger partial charge in [-0.15, -0.1) is 0 Å². The van der Waals surface area contributed by atoms with E-state index in [1.807, 2.05) is 48.5 Å². The van der Waals surface area contributed by atoms with Crippen molar-refractivity contribution in [2.75, 3.05) is 20.2 Å². The first kappa shape index (κ1) is 21.0. The van der Waals surface area contributed by atoms with Crippen LogP contribution in [-0.4, -0.2) is 53.1 Å². The predicted molar refractivity (Wildman–Crippen MR) is 127 cm³/mol. The SMILES string of the molecule is COc1cccc(-c2cc(C(N)=O)c3[nH]c4cc(C(=O)N5CCC(O)CC5)ccc4c3c2)c1. The number of nitrogens with zero attached hydrogens (tertiary/aromatic N) is 1. The van der Waals surface area contributed by atoms with Crippen LogP contribution >= 0.6 is 0 Å². The Morgan fingerprint density at radius 1 is 1.03 bits per heavy atom. The van der Waals surface area contributed by atoms with Gasteiger partial charge in [-0.05, 0) is 60.4 Å². The van der Waals surface area contributed by atoms with Crippen LogP contribution in [0.4, 0.5) is 0 Å². The molecule has 5 rings (SSSR count). The lowest BCUT2D eigenvalue weighted by Crippen LogP contribution is -2.40. The minimum atomic E-state index is -0.528. The Bertz CT molecular complexity index is 1380. The van der Waals surface area contributed by atoms with E-state index in [-0.39, 0.29) is 12.0 Å². The molecule has 7 heteroatoms. The first-order chi connectivity index (χ1) is 15.9. The highest BCUT2D eigenvalue weighted by atomic mass is 16.5. The first-order valence-electron chi connectivity index (χ1n) is 11.0. The number of aliphatic hydroxyl groups excluding tert-OH is 1. The molecule has 3 aromatic carbocycles. The molecule has 4 aromatic rings. The zero-order valence-electron chi connectivity index (χ0n) is 18.3. The molecule has 1 fully saturated rings. The number of ether oxygens (including phenoxy) is 1. The number of nitrogens with one attached hydrogen (secondary N) is 1. The van der Waals surface area contributed by atoms with E-state index in [9.17, 15) is 14.7 Å². The Kier molecular flexibility index (Phi) is 5.26. The molecule has 0 atom stereocenters. The van der Waals surface area contributed by atoms with Crippen LogP contribution in [0.5, 0.6) is 5.75 Å². The van der Waals surface area contributed by atoms with Crippen LogP contribution in [0.3, 0.4) is 0 Å². The summed E-state index contributed by atoms with van der Waals surface area (Å²) in [5, 5.41) is 11.5. The summed E-state index contributed by atoms with van der Waals surface area (Å²) in [7, 11) is 1.61. The number of likely N-dealkylation sites (tertiary alicyclic amines) is 1. The number of aliphatic hydroxyl groups is 1. The molecule has 0 spiro atoms. The highest BCUT2D eigenvalue weighted by molar-refractivity contribution is 6.17. The monoisotopic (exact) mass is 443 g/mol. The molecule has 0 aliphatic carbocycles. The van der Waals surface area contributed by atoms with Crippen molar-refractivity contribution in [3.05, 3.63) is 65.7 Å². The third kappa shape index (κ3) is 3.81. The number of H-pyrrole nitrogens is 1. The van der Waals surface area contributed by atoms with Crippen molar-refractivity contribution in [2.24, 2.45) is 5.73 Å². The maximum Gasteiger partial charge on any atom is 0.253 e. The predicted octanol–water partition coefficient (Wildman–Crippen LogP) is 3.69. The molecule has 1 aromatic heterocycles. The van der Waals surface area contributed by atoms with Gasteiger partial charge in [0.2, 0.25) is 0 Å². The number of aromatic nitrogens is 1. The van der Waals surface area contributed by atoms with Crippen molar-refractivity contribution in [1.29, 1.82) is 0 Å². The number of aromatic amines is 1. The van der Waals surface area contributed by atoms with E-state index >= 15 is 0 Å². The van der Waals surface area contributed by atoms with Crippen molar-refractivity contribution >= 4 is 33.6 Å². The Hall–Kier alpha value is -3.84. The topological polar surface area (TPSA) is 109 Å². The molecule has 2 heterocycles. The maximum absolute atomic E-state index is 13.0. The molecular weight excluding hydrogens is 418 g/mol. The van der Waals surface area contributed by atoms with Gasteiger partial charge in [0.15, 0.2) is 0 Å². The molecule has 33 heavy (non-hydrogen) atoms. The van der Waals surface area contributed by atoms with Crippen LogP contribution < -0.4 is 10.5 Å². The Morgan fingerprint density at radius 2 is 1.82 bits per heavy atom. The number of nitrogens with two attached hydrogens (primary N) is 1. The summed E-state index contributed by atoms with van der Waals surface area (Å²) in [6, 6.07) is 17.0.